The fourth-order valence-corrected chi connectivity index (χ4v) is 4.09. The summed E-state index contributed by atoms with van der Waals surface area (Å²) in [6, 6.07) is -0.0796. The molecule has 2 amide bonds. The summed E-state index contributed by atoms with van der Waals surface area (Å²) in [5.74, 6) is -0.209. The first kappa shape index (κ1) is 19.6. The van der Waals surface area contributed by atoms with Crippen molar-refractivity contribution < 1.29 is 14.3 Å². The van der Waals surface area contributed by atoms with Gasteiger partial charge in [-0.15, -0.1) is 0 Å². The third-order valence-electron chi connectivity index (χ3n) is 5.53. The highest BCUT2D eigenvalue weighted by atomic mass is 16.5. The zero-order valence-corrected chi connectivity index (χ0v) is 16.0. The average Bonchev–Trinajstić information content (AvgIpc) is 3.30. The Balaban J connectivity index is 1.72. The lowest BCUT2D eigenvalue weighted by Crippen LogP contribution is -2.50. The van der Waals surface area contributed by atoms with E-state index in [9.17, 15) is 14.4 Å². The van der Waals surface area contributed by atoms with E-state index in [4.69, 9.17) is 4.74 Å². The molecule has 0 bridgehead atoms. The van der Waals surface area contributed by atoms with Crippen LogP contribution in [-0.2, 0) is 9.53 Å². The van der Waals surface area contributed by atoms with Crippen LogP contribution < -0.4 is 11.0 Å². The van der Waals surface area contributed by atoms with Crippen LogP contribution in [0.2, 0.25) is 0 Å². The first-order valence-electron chi connectivity index (χ1n) is 9.74. The molecule has 3 N–H and O–H groups in total. The zero-order valence-electron chi connectivity index (χ0n) is 16.0. The molecule has 0 radical (unpaired) electrons. The van der Waals surface area contributed by atoms with Gasteiger partial charge < -0.3 is 24.9 Å². The van der Waals surface area contributed by atoms with Crippen molar-refractivity contribution in [1.29, 1.82) is 0 Å². The Morgan fingerprint density at radius 2 is 2.00 bits per heavy atom. The molecule has 2 aliphatic rings. The van der Waals surface area contributed by atoms with E-state index in [0.717, 1.165) is 12.8 Å². The Kier molecular flexibility index (Phi) is 6.33. The van der Waals surface area contributed by atoms with Crippen LogP contribution in [0.25, 0.3) is 0 Å². The van der Waals surface area contributed by atoms with Crippen LogP contribution in [0.15, 0.2) is 11.0 Å². The van der Waals surface area contributed by atoms with Gasteiger partial charge in [-0.1, -0.05) is 0 Å². The molecule has 2 saturated heterocycles. The number of rotatable bonds is 6. The summed E-state index contributed by atoms with van der Waals surface area (Å²) in [6.07, 6.45) is 3.73. The van der Waals surface area contributed by atoms with E-state index in [-0.39, 0.29) is 35.6 Å². The summed E-state index contributed by atoms with van der Waals surface area (Å²) >= 11 is 0. The molecule has 0 aliphatic carbocycles. The van der Waals surface area contributed by atoms with Gasteiger partial charge in [-0.05, 0) is 33.1 Å². The van der Waals surface area contributed by atoms with Gasteiger partial charge in [-0.25, -0.2) is 4.79 Å². The molecule has 3 heterocycles. The summed E-state index contributed by atoms with van der Waals surface area (Å²) < 4.78 is 5.47. The number of likely N-dealkylation sites (N-methyl/N-ethyl adjacent to an activating group) is 1. The van der Waals surface area contributed by atoms with Gasteiger partial charge in [0, 0.05) is 51.1 Å². The summed E-state index contributed by atoms with van der Waals surface area (Å²) in [4.78, 5) is 45.6. The van der Waals surface area contributed by atoms with Crippen molar-refractivity contribution in [3.63, 3.8) is 0 Å². The number of hydrogen-bond acceptors (Lipinski definition) is 5. The first-order chi connectivity index (χ1) is 13.0. The maximum atomic E-state index is 13.1. The Morgan fingerprint density at radius 1 is 1.30 bits per heavy atom. The van der Waals surface area contributed by atoms with Gasteiger partial charge in [0.05, 0.1) is 6.04 Å². The predicted molar refractivity (Wildman–Crippen MR) is 99.5 cm³/mol. The number of aromatic amines is 2. The van der Waals surface area contributed by atoms with E-state index in [1.807, 2.05) is 18.7 Å². The number of hydrogen-bond donors (Lipinski definition) is 3. The summed E-state index contributed by atoms with van der Waals surface area (Å²) in [5, 5.41) is 2.96. The van der Waals surface area contributed by atoms with Crippen molar-refractivity contribution in [1.82, 2.24) is 25.1 Å². The number of imidazole rings is 1. The van der Waals surface area contributed by atoms with E-state index in [1.165, 1.54) is 6.20 Å². The van der Waals surface area contributed by atoms with Crippen LogP contribution in [0.5, 0.6) is 0 Å². The molecule has 27 heavy (non-hydrogen) atoms. The third-order valence-corrected chi connectivity index (χ3v) is 5.53. The maximum absolute atomic E-state index is 13.1. The van der Waals surface area contributed by atoms with Gasteiger partial charge in [0.15, 0.2) is 0 Å². The van der Waals surface area contributed by atoms with E-state index in [1.54, 1.807) is 0 Å². The maximum Gasteiger partial charge on any atom is 0.323 e. The van der Waals surface area contributed by atoms with Gasteiger partial charge in [0.1, 0.15) is 5.69 Å². The molecule has 1 aromatic rings. The molecule has 0 spiro atoms. The third kappa shape index (κ3) is 4.41. The Bertz CT molecular complexity index is 705. The van der Waals surface area contributed by atoms with Crippen LogP contribution in [0.3, 0.4) is 0 Å². The Labute approximate surface area is 158 Å². The van der Waals surface area contributed by atoms with Crippen molar-refractivity contribution in [3.05, 3.63) is 22.4 Å². The molecule has 3 rings (SSSR count). The minimum absolute atomic E-state index is 0.123. The van der Waals surface area contributed by atoms with Gasteiger partial charge in [-0.2, -0.15) is 0 Å². The summed E-state index contributed by atoms with van der Waals surface area (Å²) in [5.41, 5.74) is -0.207. The minimum atomic E-state index is -0.412. The SMILES string of the molecule is CCN(CC)C(=O)[C@@H]1C[C@H](NC(=O)c2c[nH]c(=O)[nH]2)CN1C1CCOCC1. The number of H-pyrrole nitrogens is 2. The molecule has 9 nitrogen and oxygen atoms in total. The summed E-state index contributed by atoms with van der Waals surface area (Å²) in [7, 11) is 0. The Morgan fingerprint density at radius 3 is 2.59 bits per heavy atom. The van der Waals surface area contributed by atoms with Gasteiger partial charge in [0.2, 0.25) is 5.91 Å². The average molecular weight is 379 g/mol. The molecule has 2 fully saturated rings. The van der Waals surface area contributed by atoms with Crippen molar-refractivity contribution in [2.45, 2.75) is 51.2 Å². The molecule has 0 unspecified atom stereocenters. The van der Waals surface area contributed by atoms with E-state index >= 15 is 0 Å². The lowest BCUT2D eigenvalue weighted by Gasteiger charge is -2.36. The van der Waals surface area contributed by atoms with Crippen molar-refractivity contribution in [2.24, 2.45) is 0 Å². The lowest BCUT2D eigenvalue weighted by atomic mass is 10.1. The van der Waals surface area contributed by atoms with Crippen LogP contribution in [0, 0.1) is 0 Å². The van der Waals surface area contributed by atoms with E-state index < -0.39 is 5.69 Å². The van der Waals surface area contributed by atoms with E-state index in [0.29, 0.717) is 39.3 Å². The zero-order chi connectivity index (χ0) is 19.4. The highest BCUT2D eigenvalue weighted by Crippen LogP contribution is 2.27. The number of likely N-dealkylation sites (tertiary alicyclic amines) is 1. The second kappa shape index (κ2) is 8.71. The van der Waals surface area contributed by atoms with Crippen molar-refractivity contribution in [3.8, 4) is 0 Å². The normalized spacial score (nSPS) is 24.1. The molecule has 2 atom stereocenters. The molecule has 0 saturated carbocycles. The second-order valence-corrected chi connectivity index (χ2v) is 7.13. The topological polar surface area (TPSA) is 111 Å². The second-order valence-electron chi connectivity index (χ2n) is 7.13. The standard InChI is InChI=1S/C18H29N5O4/c1-3-22(4-2)17(25)15-9-12(11-23(15)13-5-7-27-8-6-13)20-16(24)14-10-19-18(26)21-14/h10,12-13,15H,3-9,11H2,1-2H3,(H,20,24)(H2,19,21,26)/t12-,15-/m0/s1. The van der Waals surface area contributed by atoms with Crippen LogP contribution in [0.1, 0.15) is 43.6 Å². The monoisotopic (exact) mass is 379 g/mol. The minimum Gasteiger partial charge on any atom is -0.381 e. The van der Waals surface area contributed by atoms with Gasteiger partial charge in [-0.3, -0.25) is 14.5 Å². The molecule has 9 heteroatoms. The Hall–Kier alpha value is -2.13. The molecule has 2 aliphatic heterocycles. The van der Waals surface area contributed by atoms with Crippen molar-refractivity contribution >= 4 is 11.8 Å². The lowest BCUT2D eigenvalue weighted by molar-refractivity contribution is -0.137. The van der Waals surface area contributed by atoms with Crippen molar-refractivity contribution in [2.75, 3.05) is 32.8 Å². The largest absolute Gasteiger partial charge is 0.381 e. The first-order valence-corrected chi connectivity index (χ1v) is 9.74. The highest BCUT2D eigenvalue weighted by molar-refractivity contribution is 5.92. The molecular formula is C18H29N5O4. The fraction of sp³-hybridized carbons (Fsp3) is 0.722. The number of amides is 2. The van der Waals surface area contributed by atoms with Crippen LogP contribution in [0.4, 0.5) is 0 Å². The number of aromatic nitrogens is 2. The van der Waals surface area contributed by atoms with E-state index in [2.05, 4.69) is 20.2 Å². The number of nitrogens with zero attached hydrogens (tertiary/aromatic N) is 2. The number of carbonyl (C=O) groups excluding carboxylic acids is 2. The number of ether oxygens (including phenoxy) is 1. The van der Waals surface area contributed by atoms with Gasteiger partial charge >= 0.3 is 5.69 Å². The highest BCUT2D eigenvalue weighted by Gasteiger charge is 2.42. The summed E-state index contributed by atoms with van der Waals surface area (Å²) in [6.45, 7) is 7.35. The number of nitrogens with one attached hydrogen (secondary N) is 3. The van der Waals surface area contributed by atoms with Crippen LogP contribution >= 0.6 is 0 Å². The number of carbonyl (C=O) groups is 2. The molecule has 150 valence electrons. The van der Waals surface area contributed by atoms with Gasteiger partial charge in [0.25, 0.3) is 5.91 Å². The molecular weight excluding hydrogens is 350 g/mol. The molecule has 1 aromatic heterocycles. The van der Waals surface area contributed by atoms with Crippen LogP contribution in [-0.4, -0.2) is 82.6 Å². The predicted octanol–water partition coefficient (Wildman–Crippen LogP) is -0.0769. The quantitative estimate of drug-likeness (QED) is 0.640. The fourth-order valence-electron chi connectivity index (χ4n) is 4.09. The smallest absolute Gasteiger partial charge is 0.323 e. The molecule has 0 aromatic carbocycles.